The van der Waals surface area contributed by atoms with Gasteiger partial charge in [0.1, 0.15) is 16.7 Å². The number of ether oxygens (including phenoxy) is 1. The smallest absolute Gasteiger partial charge is 0.127 e. The molecule has 1 aliphatic heterocycles. The van der Waals surface area contributed by atoms with Crippen LogP contribution in [0.4, 0.5) is 0 Å². The second kappa shape index (κ2) is 4.97. The molecule has 1 atom stereocenters. The first-order valence-corrected chi connectivity index (χ1v) is 6.64. The normalized spacial score (nSPS) is 18.6. The molecule has 0 radical (unpaired) electrons. The zero-order chi connectivity index (χ0) is 11.5. The van der Waals surface area contributed by atoms with Crippen molar-refractivity contribution < 1.29 is 8.95 Å². The van der Waals surface area contributed by atoms with E-state index in [1.807, 2.05) is 29.4 Å². The number of methoxy groups -OCH3 is 1. The first-order chi connectivity index (χ1) is 7.72. The van der Waals surface area contributed by atoms with Crippen LogP contribution in [-0.4, -0.2) is 28.7 Å². The van der Waals surface area contributed by atoms with Crippen molar-refractivity contribution in [1.82, 2.24) is 4.31 Å². The fourth-order valence-electron chi connectivity index (χ4n) is 1.96. The monoisotopic (exact) mass is 239 g/mol. The number of hydrogen-bond donors (Lipinski definition) is 0. The lowest BCUT2D eigenvalue weighted by atomic mass is 10.2. The van der Waals surface area contributed by atoms with Crippen molar-refractivity contribution >= 4 is 11.0 Å². The maximum atomic E-state index is 12.2. The molecule has 0 N–H and O–H groups in total. The van der Waals surface area contributed by atoms with E-state index in [9.17, 15) is 4.21 Å². The van der Waals surface area contributed by atoms with Crippen LogP contribution in [0.5, 0.6) is 5.75 Å². The Kier molecular flexibility index (Phi) is 3.61. The van der Waals surface area contributed by atoms with E-state index < -0.39 is 11.0 Å². The van der Waals surface area contributed by atoms with Gasteiger partial charge in [-0.3, -0.25) is 0 Å². The molecule has 1 heterocycles. The molecule has 0 bridgehead atoms. The van der Waals surface area contributed by atoms with Gasteiger partial charge in [0.05, 0.1) is 12.0 Å². The van der Waals surface area contributed by atoms with Gasteiger partial charge in [0.15, 0.2) is 0 Å². The summed E-state index contributed by atoms with van der Waals surface area (Å²) in [6, 6.07) is 5.73. The van der Waals surface area contributed by atoms with E-state index in [1.165, 1.54) is 0 Å². The summed E-state index contributed by atoms with van der Waals surface area (Å²) in [5.74, 6) is 0.849. The molecular formula is C12H17NO2S. The van der Waals surface area contributed by atoms with E-state index in [-0.39, 0.29) is 0 Å². The zero-order valence-corrected chi connectivity index (χ0v) is 10.5. The van der Waals surface area contributed by atoms with Crippen LogP contribution in [0.15, 0.2) is 23.1 Å². The third-order valence-corrected chi connectivity index (χ3v) is 4.36. The summed E-state index contributed by atoms with van der Waals surface area (Å²) in [5, 5.41) is 0. The second-order valence-corrected chi connectivity index (χ2v) is 5.50. The van der Waals surface area contributed by atoms with Gasteiger partial charge in [-0.2, -0.15) is 0 Å². The van der Waals surface area contributed by atoms with Gasteiger partial charge in [-0.1, -0.05) is 0 Å². The number of benzene rings is 1. The maximum Gasteiger partial charge on any atom is 0.127 e. The molecule has 2 rings (SSSR count). The minimum absolute atomic E-state index is 0.849. The van der Waals surface area contributed by atoms with Crippen LogP contribution in [0.3, 0.4) is 0 Å². The minimum atomic E-state index is -1.00. The summed E-state index contributed by atoms with van der Waals surface area (Å²) >= 11 is 0. The van der Waals surface area contributed by atoms with Crippen LogP contribution in [0.1, 0.15) is 18.4 Å². The Balaban J connectivity index is 2.20. The lowest BCUT2D eigenvalue weighted by Gasteiger charge is -2.14. The van der Waals surface area contributed by atoms with Crippen LogP contribution >= 0.6 is 0 Å². The Morgan fingerprint density at radius 1 is 1.31 bits per heavy atom. The Bertz CT molecular complexity index is 400. The van der Waals surface area contributed by atoms with Crippen molar-refractivity contribution in [3.05, 3.63) is 23.8 Å². The largest absolute Gasteiger partial charge is 0.496 e. The van der Waals surface area contributed by atoms with E-state index >= 15 is 0 Å². The number of aryl methyl sites for hydroxylation is 1. The average molecular weight is 239 g/mol. The summed E-state index contributed by atoms with van der Waals surface area (Å²) in [7, 11) is 0.651. The highest BCUT2D eigenvalue weighted by atomic mass is 32.2. The molecule has 1 aliphatic rings. The highest BCUT2D eigenvalue weighted by Gasteiger charge is 2.19. The van der Waals surface area contributed by atoms with Gasteiger partial charge >= 0.3 is 0 Å². The van der Waals surface area contributed by atoms with Crippen molar-refractivity contribution in [3.8, 4) is 5.75 Å². The molecule has 0 aromatic heterocycles. The van der Waals surface area contributed by atoms with Crippen molar-refractivity contribution in [1.29, 1.82) is 0 Å². The van der Waals surface area contributed by atoms with E-state index in [2.05, 4.69) is 0 Å². The summed E-state index contributed by atoms with van der Waals surface area (Å²) in [6.45, 7) is 3.86. The van der Waals surface area contributed by atoms with Crippen molar-refractivity contribution in [3.63, 3.8) is 0 Å². The Morgan fingerprint density at radius 2 is 2.00 bits per heavy atom. The lowest BCUT2D eigenvalue weighted by molar-refractivity contribution is 0.411. The van der Waals surface area contributed by atoms with Crippen LogP contribution < -0.4 is 4.74 Å². The van der Waals surface area contributed by atoms with E-state index in [1.54, 1.807) is 7.11 Å². The highest BCUT2D eigenvalue weighted by molar-refractivity contribution is 7.82. The van der Waals surface area contributed by atoms with Gasteiger partial charge in [-0.15, -0.1) is 0 Å². The molecule has 0 amide bonds. The number of nitrogens with zero attached hydrogens (tertiary/aromatic N) is 1. The first-order valence-electron chi connectivity index (χ1n) is 5.54. The summed E-state index contributed by atoms with van der Waals surface area (Å²) in [5.41, 5.74) is 1.03. The molecular weight excluding hydrogens is 222 g/mol. The molecule has 0 saturated carbocycles. The maximum absolute atomic E-state index is 12.2. The second-order valence-electron chi connectivity index (χ2n) is 4.02. The molecule has 1 aromatic carbocycles. The third-order valence-electron chi connectivity index (χ3n) is 2.87. The van der Waals surface area contributed by atoms with Crippen molar-refractivity contribution in [2.75, 3.05) is 20.2 Å². The van der Waals surface area contributed by atoms with Crippen molar-refractivity contribution in [2.45, 2.75) is 24.7 Å². The van der Waals surface area contributed by atoms with Crippen LogP contribution in [0, 0.1) is 6.92 Å². The van der Waals surface area contributed by atoms with Gasteiger partial charge in [0, 0.05) is 13.1 Å². The van der Waals surface area contributed by atoms with Crippen LogP contribution in [0.2, 0.25) is 0 Å². The first kappa shape index (κ1) is 11.6. The molecule has 88 valence electrons. The van der Waals surface area contributed by atoms with Gasteiger partial charge in [0.25, 0.3) is 0 Å². The predicted molar refractivity (Wildman–Crippen MR) is 64.9 cm³/mol. The quantitative estimate of drug-likeness (QED) is 0.808. The Labute approximate surface area is 99.0 Å². The highest BCUT2D eigenvalue weighted by Crippen LogP contribution is 2.23. The molecule has 3 nitrogen and oxygen atoms in total. The molecule has 1 fully saturated rings. The molecule has 0 aliphatic carbocycles. The Morgan fingerprint density at radius 3 is 2.56 bits per heavy atom. The van der Waals surface area contributed by atoms with Crippen LogP contribution in [-0.2, 0) is 11.0 Å². The fourth-order valence-corrected chi connectivity index (χ4v) is 3.31. The molecule has 1 unspecified atom stereocenters. The topological polar surface area (TPSA) is 29.5 Å². The molecule has 4 heteroatoms. The Hall–Kier alpha value is -0.870. The number of hydrogen-bond acceptors (Lipinski definition) is 2. The van der Waals surface area contributed by atoms with Gasteiger partial charge in [-0.05, 0) is 43.5 Å². The molecule has 1 aromatic rings. The van der Waals surface area contributed by atoms with Gasteiger partial charge in [0.2, 0.25) is 0 Å². The SMILES string of the molecule is COc1ccc(S(=O)N2CCCC2)cc1C. The number of rotatable bonds is 3. The lowest BCUT2D eigenvalue weighted by Crippen LogP contribution is -2.22. The van der Waals surface area contributed by atoms with Crippen molar-refractivity contribution in [2.24, 2.45) is 0 Å². The standard InChI is InChI=1S/C12H17NO2S/c1-10-9-11(5-6-12(10)15-2)16(14)13-7-3-4-8-13/h5-6,9H,3-4,7-8H2,1-2H3. The van der Waals surface area contributed by atoms with Gasteiger partial charge < -0.3 is 4.74 Å². The molecule has 16 heavy (non-hydrogen) atoms. The van der Waals surface area contributed by atoms with E-state index in [0.717, 1.165) is 42.1 Å². The van der Waals surface area contributed by atoms with Crippen LogP contribution in [0.25, 0.3) is 0 Å². The minimum Gasteiger partial charge on any atom is -0.496 e. The fraction of sp³-hybridized carbons (Fsp3) is 0.500. The molecule has 1 saturated heterocycles. The zero-order valence-electron chi connectivity index (χ0n) is 9.73. The van der Waals surface area contributed by atoms with E-state index in [4.69, 9.17) is 4.74 Å². The molecule has 0 spiro atoms. The third kappa shape index (κ3) is 2.28. The van der Waals surface area contributed by atoms with E-state index in [0.29, 0.717) is 0 Å². The van der Waals surface area contributed by atoms with Gasteiger partial charge in [-0.25, -0.2) is 8.51 Å². The predicted octanol–water partition coefficient (Wildman–Crippen LogP) is 2.12. The summed E-state index contributed by atoms with van der Waals surface area (Å²) < 4.78 is 19.4. The average Bonchev–Trinajstić information content (AvgIpc) is 2.81. The summed E-state index contributed by atoms with van der Waals surface area (Å²) in [4.78, 5) is 0.875. The summed E-state index contributed by atoms with van der Waals surface area (Å²) in [6.07, 6.45) is 2.31.